The number of halogens is 1. The van der Waals surface area contributed by atoms with Gasteiger partial charge in [-0.2, -0.15) is 0 Å². The van der Waals surface area contributed by atoms with Crippen molar-refractivity contribution in [3.8, 4) is 0 Å². The minimum absolute atomic E-state index is 0.310. The van der Waals surface area contributed by atoms with Gasteiger partial charge >= 0.3 is 0 Å². The summed E-state index contributed by atoms with van der Waals surface area (Å²) in [5.41, 5.74) is 3.36. The number of methoxy groups -OCH3 is 1. The van der Waals surface area contributed by atoms with Crippen molar-refractivity contribution < 1.29 is 14.6 Å². The van der Waals surface area contributed by atoms with Crippen LogP contribution in [0.25, 0.3) is 0 Å². The normalized spacial score (nSPS) is 12.5. The molecule has 0 saturated carbocycles. The summed E-state index contributed by atoms with van der Waals surface area (Å²) in [6.45, 7) is 5.92. The van der Waals surface area contributed by atoms with E-state index in [1.807, 2.05) is 13.8 Å². The fourth-order valence-electron chi connectivity index (χ4n) is 1.70. The molecule has 0 saturated heterocycles. The summed E-state index contributed by atoms with van der Waals surface area (Å²) in [6.07, 6.45) is -0.527. The standard InChI is InChI=1S/C14H22BrNO3/c1-10-6-12(7-11(2)14(10)15)16-8-13(17)9-19-5-4-18-3/h6-7,13,16-17H,4-5,8-9H2,1-3H3. The number of hydrogen-bond donors (Lipinski definition) is 2. The molecule has 19 heavy (non-hydrogen) atoms. The predicted molar refractivity (Wildman–Crippen MR) is 80.8 cm³/mol. The van der Waals surface area contributed by atoms with Crippen molar-refractivity contribution in [2.45, 2.75) is 20.0 Å². The number of aliphatic hydroxyl groups is 1. The molecule has 4 nitrogen and oxygen atoms in total. The Bertz CT molecular complexity index is 375. The van der Waals surface area contributed by atoms with Crippen molar-refractivity contribution in [2.24, 2.45) is 0 Å². The maximum absolute atomic E-state index is 9.77. The highest BCUT2D eigenvalue weighted by atomic mass is 79.9. The van der Waals surface area contributed by atoms with Crippen molar-refractivity contribution in [1.82, 2.24) is 0 Å². The van der Waals surface area contributed by atoms with E-state index in [0.29, 0.717) is 26.4 Å². The zero-order valence-electron chi connectivity index (χ0n) is 11.7. The SMILES string of the molecule is COCCOCC(O)CNc1cc(C)c(Br)c(C)c1. The van der Waals surface area contributed by atoms with E-state index < -0.39 is 6.10 Å². The van der Waals surface area contributed by atoms with Gasteiger partial charge in [0.15, 0.2) is 0 Å². The molecule has 1 aromatic rings. The monoisotopic (exact) mass is 331 g/mol. The molecule has 0 bridgehead atoms. The first-order chi connectivity index (χ1) is 9.04. The lowest BCUT2D eigenvalue weighted by Gasteiger charge is -2.14. The highest BCUT2D eigenvalue weighted by Crippen LogP contribution is 2.24. The lowest BCUT2D eigenvalue weighted by molar-refractivity contribution is 0.0182. The Morgan fingerprint density at radius 1 is 1.26 bits per heavy atom. The van der Waals surface area contributed by atoms with E-state index in [4.69, 9.17) is 9.47 Å². The maximum atomic E-state index is 9.77. The second kappa shape index (κ2) is 8.53. The lowest BCUT2D eigenvalue weighted by atomic mass is 10.1. The number of aliphatic hydroxyl groups excluding tert-OH is 1. The molecule has 1 unspecified atom stereocenters. The van der Waals surface area contributed by atoms with Gasteiger partial charge in [0, 0.05) is 23.8 Å². The van der Waals surface area contributed by atoms with Crippen LogP contribution in [0.15, 0.2) is 16.6 Å². The van der Waals surface area contributed by atoms with Gasteiger partial charge in [-0.15, -0.1) is 0 Å². The molecular weight excluding hydrogens is 310 g/mol. The molecule has 0 aliphatic rings. The van der Waals surface area contributed by atoms with Crippen LogP contribution in [0.5, 0.6) is 0 Å². The smallest absolute Gasteiger partial charge is 0.0945 e. The lowest BCUT2D eigenvalue weighted by Crippen LogP contribution is -2.25. The van der Waals surface area contributed by atoms with E-state index in [2.05, 4.69) is 33.4 Å². The molecule has 108 valence electrons. The summed E-state index contributed by atoms with van der Waals surface area (Å²) in [7, 11) is 1.62. The zero-order valence-corrected chi connectivity index (χ0v) is 13.3. The average molecular weight is 332 g/mol. The summed E-state index contributed by atoms with van der Waals surface area (Å²) in [4.78, 5) is 0. The summed E-state index contributed by atoms with van der Waals surface area (Å²) in [5.74, 6) is 0. The van der Waals surface area contributed by atoms with E-state index in [-0.39, 0.29) is 0 Å². The van der Waals surface area contributed by atoms with Crippen molar-refractivity contribution in [3.05, 3.63) is 27.7 Å². The fraction of sp³-hybridized carbons (Fsp3) is 0.571. The fourth-order valence-corrected chi connectivity index (χ4v) is 1.93. The first-order valence-corrected chi connectivity index (χ1v) is 7.09. The van der Waals surface area contributed by atoms with E-state index in [1.54, 1.807) is 7.11 Å². The summed E-state index contributed by atoms with van der Waals surface area (Å²) in [6, 6.07) is 4.10. The van der Waals surface area contributed by atoms with Gasteiger partial charge in [0.2, 0.25) is 0 Å². The Balaban J connectivity index is 2.36. The summed E-state index contributed by atoms with van der Waals surface area (Å²) in [5, 5.41) is 13.0. The van der Waals surface area contributed by atoms with Crippen LogP contribution in [0.3, 0.4) is 0 Å². The predicted octanol–water partition coefficient (Wildman–Crippen LogP) is 2.50. The van der Waals surface area contributed by atoms with Gasteiger partial charge in [-0.1, -0.05) is 15.9 Å². The number of nitrogens with one attached hydrogen (secondary N) is 1. The largest absolute Gasteiger partial charge is 0.389 e. The number of rotatable bonds is 8. The van der Waals surface area contributed by atoms with Crippen LogP contribution >= 0.6 is 15.9 Å². The van der Waals surface area contributed by atoms with E-state index >= 15 is 0 Å². The molecule has 0 radical (unpaired) electrons. The molecule has 0 spiro atoms. The van der Waals surface area contributed by atoms with Gasteiger partial charge in [-0.3, -0.25) is 0 Å². The van der Waals surface area contributed by atoms with Gasteiger partial charge in [0.05, 0.1) is 25.9 Å². The molecular formula is C14H22BrNO3. The van der Waals surface area contributed by atoms with E-state index in [1.165, 1.54) is 11.1 Å². The number of hydrogen-bond acceptors (Lipinski definition) is 4. The van der Waals surface area contributed by atoms with Gasteiger partial charge in [0.1, 0.15) is 0 Å². The minimum atomic E-state index is -0.527. The minimum Gasteiger partial charge on any atom is -0.389 e. The van der Waals surface area contributed by atoms with Crippen LogP contribution in [0.2, 0.25) is 0 Å². The number of anilines is 1. The van der Waals surface area contributed by atoms with Crippen LogP contribution in [0.4, 0.5) is 5.69 Å². The first kappa shape index (κ1) is 16.4. The van der Waals surface area contributed by atoms with Crippen molar-refractivity contribution in [2.75, 3.05) is 38.8 Å². The molecule has 0 aromatic heterocycles. The summed E-state index contributed by atoms with van der Waals surface area (Å²) < 4.78 is 11.3. The Hall–Kier alpha value is -0.620. The second-order valence-corrected chi connectivity index (χ2v) is 5.32. The molecule has 0 heterocycles. The molecule has 0 aliphatic heterocycles. The van der Waals surface area contributed by atoms with Gasteiger partial charge < -0.3 is 19.9 Å². The molecule has 0 aliphatic carbocycles. The Morgan fingerprint density at radius 3 is 2.47 bits per heavy atom. The Labute approximate surface area is 123 Å². The van der Waals surface area contributed by atoms with Crippen LogP contribution in [-0.2, 0) is 9.47 Å². The molecule has 0 fully saturated rings. The quantitative estimate of drug-likeness (QED) is 0.718. The van der Waals surface area contributed by atoms with Crippen molar-refractivity contribution in [3.63, 3.8) is 0 Å². The van der Waals surface area contributed by atoms with E-state index in [0.717, 1.165) is 10.2 Å². The maximum Gasteiger partial charge on any atom is 0.0945 e. The topological polar surface area (TPSA) is 50.7 Å². The molecule has 1 rings (SSSR count). The van der Waals surface area contributed by atoms with Crippen molar-refractivity contribution in [1.29, 1.82) is 0 Å². The third-order valence-corrected chi connectivity index (χ3v) is 3.97. The molecule has 0 amide bonds. The highest BCUT2D eigenvalue weighted by Gasteiger charge is 2.06. The van der Waals surface area contributed by atoms with Gasteiger partial charge in [0.25, 0.3) is 0 Å². The second-order valence-electron chi connectivity index (χ2n) is 4.53. The molecule has 2 N–H and O–H groups in total. The molecule has 1 aromatic carbocycles. The molecule has 5 heteroatoms. The number of aryl methyl sites for hydroxylation is 2. The van der Waals surface area contributed by atoms with Gasteiger partial charge in [-0.25, -0.2) is 0 Å². The first-order valence-electron chi connectivity index (χ1n) is 6.30. The van der Waals surface area contributed by atoms with Crippen LogP contribution in [-0.4, -0.2) is 44.7 Å². The number of ether oxygens (including phenoxy) is 2. The van der Waals surface area contributed by atoms with Crippen LogP contribution in [0.1, 0.15) is 11.1 Å². The third kappa shape index (κ3) is 5.91. The number of benzene rings is 1. The zero-order chi connectivity index (χ0) is 14.3. The average Bonchev–Trinajstić information content (AvgIpc) is 2.38. The highest BCUT2D eigenvalue weighted by molar-refractivity contribution is 9.10. The molecule has 1 atom stereocenters. The Morgan fingerprint density at radius 2 is 1.89 bits per heavy atom. The van der Waals surface area contributed by atoms with E-state index in [9.17, 15) is 5.11 Å². The van der Waals surface area contributed by atoms with Crippen molar-refractivity contribution >= 4 is 21.6 Å². The summed E-state index contributed by atoms with van der Waals surface area (Å²) >= 11 is 3.53. The van der Waals surface area contributed by atoms with Crippen LogP contribution in [0, 0.1) is 13.8 Å². The van der Waals surface area contributed by atoms with Gasteiger partial charge in [-0.05, 0) is 37.1 Å². The third-order valence-electron chi connectivity index (χ3n) is 2.72. The van der Waals surface area contributed by atoms with Crippen LogP contribution < -0.4 is 5.32 Å². The Kier molecular flexibility index (Phi) is 7.38.